The maximum Gasteiger partial charge on any atom is 0.266 e. The highest BCUT2D eigenvalue weighted by Gasteiger charge is 2.20. The van der Waals surface area contributed by atoms with Crippen molar-refractivity contribution in [3.63, 3.8) is 0 Å². The van der Waals surface area contributed by atoms with Gasteiger partial charge in [-0.3, -0.25) is 4.79 Å². The van der Waals surface area contributed by atoms with Crippen molar-refractivity contribution in [1.29, 1.82) is 0 Å². The molecule has 0 bridgehead atoms. The minimum Gasteiger partial charge on any atom is -0.268 e. The van der Waals surface area contributed by atoms with Gasteiger partial charge in [-0.05, 0) is 59.8 Å². The molecule has 0 fully saturated rings. The summed E-state index contributed by atoms with van der Waals surface area (Å²) in [5.74, 6) is -0.646. The zero-order valence-electron chi connectivity index (χ0n) is 10.9. The second kappa shape index (κ2) is 6.45. The van der Waals surface area contributed by atoms with Crippen LogP contribution in [0.4, 0.5) is 0 Å². The van der Waals surface area contributed by atoms with Gasteiger partial charge >= 0.3 is 0 Å². The molecule has 0 aromatic heterocycles. The van der Waals surface area contributed by atoms with E-state index in [0.29, 0.717) is 9.13 Å². The molecular weight excluding hydrogens is 467 g/mol. The van der Waals surface area contributed by atoms with Gasteiger partial charge in [0.05, 0.1) is 10.5 Å². The normalized spacial score (nSPS) is 11.2. The minimum absolute atomic E-state index is 0.0635. The van der Waals surface area contributed by atoms with Crippen LogP contribution < -0.4 is 4.72 Å². The maximum absolute atomic E-state index is 12.2. The Morgan fingerprint density at radius 1 is 1.14 bits per heavy atom. The van der Waals surface area contributed by atoms with Gasteiger partial charge in [0.15, 0.2) is 0 Å². The van der Waals surface area contributed by atoms with Crippen molar-refractivity contribution in [2.75, 3.05) is 0 Å². The molecule has 0 atom stereocenters. The lowest BCUT2D eigenvalue weighted by Crippen LogP contribution is -2.31. The summed E-state index contributed by atoms with van der Waals surface area (Å²) < 4.78 is 27.9. The molecule has 0 radical (unpaired) electrons. The van der Waals surface area contributed by atoms with Crippen molar-refractivity contribution in [3.8, 4) is 0 Å². The first kappa shape index (κ1) is 16.4. The smallest absolute Gasteiger partial charge is 0.266 e. The Bertz CT molecular complexity index is 788. The summed E-state index contributed by atoms with van der Waals surface area (Å²) in [6.07, 6.45) is 0. The molecule has 0 saturated heterocycles. The van der Waals surface area contributed by atoms with E-state index in [1.807, 2.05) is 29.5 Å². The first-order valence-corrected chi connectivity index (χ1v) is 9.24. The summed E-state index contributed by atoms with van der Waals surface area (Å²) in [6, 6.07) is 11.3. The van der Waals surface area contributed by atoms with Crippen molar-refractivity contribution in [1.82, 2.24) is 4.72 Å². The molecular formula is C14H11BrINO3S. The number of aryl methyl sites for hydroxylation is 1. The topological polar surface area (TPSA) is 63.2 Å². The molecule has 21 heavy (non-hydrogen) atoms. The van der Waals surface area contributed by atoms with E-state index in [0.717, 1.165) is 10.0 Å². The number of hydrogen-bond donors (Lipinski definition) is 1. The van der Waals surface area contributed by atoms with Gasteiger partial charge in [-0.25, -0.2) is 13.1 Å². The summed E-state index contributed by atoms with van der Waals surface area (Å²) in [5, 5.41) is 0. The zero-order valence-corrected chi connectivity index (χ0v) is 15.5. The summed E-state index contributed by atoms with van der Waals surface area (Å²) in [6.45, 7) is 1.86. The van der Waals surface area contributed by atoms with Crippen LogP contribution in [-0.4, -0.2) is 14.3 Å². The van der Waals surface area contributed by atoms with Crippen molar-refractivity contribution in [2.24, 2.45) is 0 Å². The molecule has 0 saturated carbocycles. The van der Waals surface area contributed by atoms with Crippen LogP contribution in [-0.2, 0) is 10.0 Å². The Kier molecular flexibility index (Phi) is 5.05. The second-order valence-corrected chi connectivity index (χ2v) is 8.13. The third-order valence-electron chi connectivity index (χ3n) is 2.73. The molecule has 2 aromatic rings. The lowest BCUT2D eigenvalue weighted by molar-refractivity contribution is 0.0980. The molecule has 2 aromatic carbocycles. The van der Waals surface area contributed by atoms with Crippen molar-refractivity contribution in [2.45, 2.75) is 11.8 Å². The van der Waals surface area contributed by atoms with Crippen LogP contribution in [0.25, 0.3) is 0 Å². The fourth-order valence-corrected chi connectivity index (χ4v) is 4.14. The molecule has 7 heteroatoms. The molecule has 0 heterocycles. The van der Waals surface area contributed by atoms with Gasteiger partial charge in [-0.2, -0.15) is 0 Å². The first-order chi connectivity index (χ1) is 9.79. The van der Waals surface area contributed by atoms with Gasteiger partial charge in [0, 0.05) is 8.04 Å². The Labute approximate surface area is 145 Å². The number of carbonyl (C=O) groups is 1. The molecule has 1 amide bonds. The third-order valence-corrected chi connectivity index (χ3v) is 5.47. The molecule has 110 valence electrons. The second-order valence-electron chi connectivity index (χ2n) is 4.37. The molecule has 0 unspecified atom stereocenters. The van der Waals surface area contributed by atoms with Crippen LogP contribution in [0.3, 0.4) is 0 Å². The van der Waals surface area contributed by atoms with E-state index < -0.39 is 15.9 Å². The molecule has 0 aliphatic rings. The van der Waals surface area contributed by atoms with Crippen molar-refractivity contribution >= 4 is 54.5 Å². The Balaban J connectivity index is 2.28. The summed E-state index contributed by atoms with van der Waals surface area (Å²) >= 11 is 5.28. The number of nitrogens with one attached hydrogen (secondary N) is 1. The highest BCUT2D eigenvalue weighted by molar-refractivity contribution is 14.1. The number of carbonyl (C=O) groups excluding carboxylic acids is 1. The molecule has 1 N–H and O–H groups in total. The lowest BCUT2D eigenvalue weighted by atomic mass is 10.2. The summed E-state index contributed by atoms with van der Waals surface area (Å²) in [5.41, 5.74) is 1.26. The molecule has 0 aliphatic heterocycles. The van der Waals surface area contributed by atoms with Crippen LogP contribution in [0.2, 0.25) is 0 Å². The highest BCUT2D eigenvalue weighted by Crippen LogP contribution is 2.19. The number of sulfonamides is 1. The standard InChI is InChI=1S/C14H11BrINO3S/c1-9-2-5-11(6-3-9)21(19,20)17-14(18)12-7-4-10(15)8-13(12)16/h2-8H,1H3,(H,17,18)/i16-2. The van der Waals surface area contributed by atoms with Crippen molar-refractivity contribution < 1.29 is 13.2 Å². The molecule has 2 rings (SSSR count). The average Bonchev–Trinajstić information content (AvgIpc) is 2.38. The van der Waals surface area contributed by atoms with Gasteiger partial charge in [-0.1, -0.05) is 33.6 Å². The number of benzene rings is 2. The van der Waals surface area contributed by atoms with Gasteiger partial charge in [0.1, 0.15) is 0 Å². The highest BCUT2D eigenvalue weighted by atomic mass is 125. The van der Waals surface area contributed by atoms with E-state index in [-0.39, 0.29) is 4.90 Å². The maximum atomic E-state index is 12.2. The van der Waals surface area contributed by atoms with Crippen molar-refractivity contribution in [3.05, 3.63) is 61.6 Å². The van der Waals surface area contributed by atoms with E-state index in [1.165, 1.54) is 12.1 Å². The van der Waals surface area contributed by atoms with Crippen LogP contribution in [0, 0.1) is 10.5 Å². The predicted octanol–water partition coefficient (Wildman–Crippen LogP) is 3.48. The van der Waals surface area contributed by atoms with Gasteiger partial charge in [0.25, 0.3) is 15.9 Å². The molecule has 0 spiro atoms. The fourth-order valence-electron chi connectivity index (χ4n) is 1.63. The largest absolute Gasteiger partial charge is 0.268 e. The summed E-state index contributed by atoms with van der Waals surface area (Å²) in [7, 11) is -3.87. The van der Waals surface area contributed by atoms with E-state index in [9.17, 15) is 13.2 Å². The lowest BCUT2D eigenvalue weighted by Gasteiger charge is -2.08. The SMILES string of the molecule is Cc1ccc(S(=O)(=O)NC(=O)c2ccc(Br)cc2[125I])cc1. The van der Waals surface area contributed by atoms with Crippen LogP contribution in [0.1, 0.15) is 15.9 Å². The van der Waals surface area contributed by atoms with Gasteiger partial charge in [0.2, 0.25) is 0 Å². The predicted molar refractivity (Wildman–Crippen MR) is 92.7 cm³/mol. The molecule has 4 nitrogen and oxygen atoms in total. The summed E-state index contributed by atoms with van der Waals surface area (Å²) in [4.78, 5) is 12.2. The number of amides is 1. The first-order valence-electron chi connectivity index (χ1n) is 5.88. The monoisotopic (exact) mass is 477 g/mol. The Morgan fingerprint density at radius 2 is 1.76 bits per heavy atom. The Hall–Kier alpha value is -0.930. The van der Waals surface area contributed by atoms with Crippen LogP contribution in [0.5, 0.6) is 0 Å². The number of halogens is 2. The third kappa shape index (κ3) is 4.04. The Morgan fingerprint density at radius 3 is 2.33 bits per heavy atom. The zero-order chi connectivity index (χ0) is 15.6. The number of rotatable bonds is 3. The minimum atomic E-state index is -3.87. The molecule has 0 aliphatic carbocycles. The fraction of sp³-hybridized carbons (Fsp3) is 0.0714. The average molecular weight is 478 g/mol. The van der Waals surface area contributed by atoms with E-state index in [2.05, 4.69) is 20.7 Å². The van der Waals surface area contributed by atoms with Gasteiger partial charge in [-0.15, -0.1) is 0 Å². The van der Waals surface area contributed by atoms with E-state index >= 15 is 0 Å². The number of hydrogen-bond acceptors (Lipinski definition) is 3. The quantitative estimate of drug-likeness (QED) is 0.688. The van der Waals surface area contributed by atoms with Crippen LogP contribution >= 0.6 is 38.5 Å². The van der Waals surface area contributed by atoms with E-state index in [1.54, 1.807) is 30.3 Å². The van der Waals surface area contributed by atoms with Gasteiger partial charge < -0.3 is 0 Å². The van der Waals surface area contributed by atoms with E-state index in [4.69, 9.17) is 0 Å². The van der Waals surface area contributed by atoms with Crippen LogP contribution in [0.15, 0.2) is 51.8 Å².